The highest BCUT2D eigenvalue weighted by Gasteiger charge is 2.12. The largest absolute Gasteiger partial charge is 0.503 e. The Hall–Kier alpha value is -0.780. The summed E-state index contributed by atoms with van der Waals surface area (Å²) < 4.78 is 5.44. The van der Waals surface area contributed by atoms with Crippen LogP contribution in [0.15, 0.2) is 16.6 Å². The topological polar surface area (TPSA) is 75.7 Å². The molecule has 0 aromatic heterocycles. The Bertz CT molecular complexity index is 330. The number of hydrogen-bond donors (Lipinski definition) is 3. The molecule has 1 atom stereocenters. The number of halogens is 1. The first-order valence-corrected chi connectivity index (χ1v) is 4.82. The molecule has 1 rings (SSSR count). The first-order valence-electron chi connectivity index (χ1n) is 4.03. The molecule has 4 nitrogen and oxygen atoms in total. The Labute approximate surface area is 90.4 Å². The first-order chi connectivity index (χ1) is 6.60. The first kappa shape index (κ1) is 11.3. The molecule has 0 aliphatic rings. The Morgan fingerprint density at radius 1 is 1.57 bits per heavy atom. The second kappa shape index (κ2) is 4.63. The van der Waals surface area contributed by atoms with Gasteiger partial charge in [0.1, 0.15) is 0 Å². The molecule has 0 fully saturated rings. The number of phenolic OH excluding ortho intramolecular Hbond substituents is 1. The number of phenols is 1. The van der Waals surface area contributed by atoms with Crippen LogP contribution in [0.2, 0.25) is 0 Å². The van der Waals surface area contributed by atoms with E-state index in [-0.39, 0.29) is 12.4 Å². The number of aliphatic hydroxyl groups excluding tert-OH is 1. The minimum atomic E-state index is -0.471. The van der Waals surface area contributed by atoms with Crippen LogP contribution in [-0.2, 0) is 0 Å². The summed E-state index contributed by atoms with van der Waals surface area (Å²) in [5, 5.41) is 18.4. The maximum atomic E-state index is 9.50. The van der Waals surface area contributed by atoms with Crippen molar-refractivity contribution < 1.29 is 14.9 Å². The van der Waals surface area contributed by atoms with E-state index in [1.165, 1.54) is 7.11 Å². The van der Waals surface area contributed by atoms with E-state index >= 15 is 0 Å². The zero-order valence-electron chi connectivity index (χ0n) is 7.70. The van der Waals surface area contributed by atoms with Gasteiger partial charge in [-0.1, -0.05) is 0 Å². The van der Waals surface area contributed by atoms with Gasteiger partial charge in [0.2, 0.25) is 0 Å². The Kier molecular flexibility index (Phi) is 3.74. The quantitative estimate of drug-likeness (QED) is 0.763. The normalized spacial score (nSPS) is 12.6. The van der Waals surface area contributed by atoms with Crippen LogP contribution in [-0.4, -0.2) is 23.9 Å². The molecule has 0 aliphatic carbocycles. The number of rotatable bonds is 3. The number of ether oxygens (including phenoxy) is 1. The van der Waals surface area contributed by atoms with E-state index in [4.69, 9.17) is 15.6 Å². The lowest BCUT2D eigenvalue weighted by molar-refractivity contribution is 0.267. The molecule has 0 unspecified atom stereocenters. The monoisotopic (exact) mass is 261 g/mol. The van der Waals surface area contributed by atoms with Gasteiger partial charge in [0.15, 0.2) is 11.5 Å². The Morgan fingerprint density at radius 2 is 2.21 bits per heavy atom. The van der Waals surface area contributed by atoms with Crippen LogP contribution in [0.1, 0.15) is 11.6 Å². The van der Waals surface area contributed by atoms with Crippen molar-refractivity contribution in [1.82, 2.24) is 0 Å². The van der Waals surface area contributed by atoms with Crippen molar-refractivity contribution in [1.29, 1.82) is 0 Å². The van der Waals surface area contributed by atoms with Gasteiger partial charge in [0, 0.05) is 0 Å². The van der Waals surface area contributed by atoms with Crippen molar-refractivity contribution in [3.8, 4) is 11.5 Å². The number of methoxy groups -OCH3 is 1. The molecule has 0 spiro atoms. The molecule has 0 saturated heterocycles. The maximum absolute atomic E-state index is 9.50. The van der Waals surface area contributed by atoms with E-state index in [0.717, 1.165) is 0 Å². The predicted octanol–water partition coefficient (Wildman–Crippen LogP) is 1.16. The van der Waals surface area contributed by atoms with E-state index in [0.29, 0.717) is 15.8 Å². The molecule has 0 heterocycles. The molecular weight excluding hydrogens is 250 g/mol. The molecule has 0 bridgehead atoms. The number of nitrogens with two attached hydrogens (primary N) is 1. The summed E-state index contributed by atoms with van der Waals surface area (Å²) >= 11 is 3.17. The van der Waals surface area contributed by atoms with Gasteiger partial charge < -0.3 is 20.7 Å². The Morgan fingerprint density at radius 3 is 2.71 bits per heavy atom. The van der Waals surface area contributed by atoms with Crippen LogP contribution in [0.25, 0.3) is 0 Å². The van der Waals surface area contributed by atoms with Gasteiger partial charge in [0.25, 0.3) is 0 Å². The summed E-state index contributed by atoms with van der Waals surface area (Å²) in [6.07, 6.45) is 0. The molecule has 5 heteroatoms. The number of hydrogen-bond acceptors (Lipinski definition) is 4. The zero-order valence-corrected chi connectivity index (χ0v) is 9.28. The van der Waals surface area contributed by atoms with E-state index in [9.17, 15) is 5.11 Å². The molecule has 14 heavy (non-hydrogen) atoms. The minimum absolute atomic E-state index is 0.0291. The number of aliphatic hydroxyl groups is 1. The maximum Gasteiger partial charge on any atom is 0.172 e. The second-order valence-electron chi connectivity index (χ2n) is 2.84. The van der Waals surface area contributed by atoms with Crippen molar-refractivity contribution in [2.24, 2.45) is 5.73 Å². The smallest absolute Gasteiger partial charge is 0.172 e. The van der Waals surface area contributed by atoms with Gasteiger partial charge in [-0.15, -0.1) is 0 Å². The number of benzene rings is 1. The molecule has 0 amide bonds. The third-order valence-electron chi connectivity index (χ3n) is 1.90. The minimum Gasteiger partial charge on any atom is -0.503 e. The van der Waals surface area contributed by atoms with Crippen molar-refractivity contribution in [3.63, 3.8) is 0 Å². The van der Waals surface area contributed by atoms with Gasteiger partial charge in [0.05, 0.1) is 24.2 Å². The van der Waals surface area contributed by atoms with Crippen molar-refractivity contribution in [3.05, 3.63) is 22.2 Å². The zero-order chi connectivity index (χ0) is 10.7. The van der Waals surface area contributed by atoms with E-state index < -0.39 is 6.04 Å². The average Bonchev–Trinajstić information content (AvgIpc) is 2.20. The summed E-state index contributed by atoms with van der Waals surface area (Å²) in [5.41, 5.74) is 6.33. The van der Waals surface area contributed by atoms with E-state index in [1.807, 2.05) is 0 Å². The SMILES string of the molecule is COc1cc([C@@H](N)CO)cc(Br)c1O. The molecule has 78 valence electrons. The van der Waals surface area contributed by atoms with Crippen molar-refractivity contribution >= 4 is 15.9 Å². The van der Waals surface area contributed by atoms with Crippen molar-refractivity contribution in [2.75, 3.05) is 13.7 Å². The van der Waals surface area contributed by atoms with Gasteiger partial charge >= 0.3 is 0 Å². The molecular formula is C9H12BrNO3. The highest BCUT2D eigenvalue weighted by molar-refractivity contribution is 9.10. The van der Waals surface area contributed by atoms with Gasteiger partial charge in [-0.05, 0) is 33.6 Å². The summed E-state index contributed by atoms with van der Waals surface area (Å²) in [6, 6.07) is 2.78. The molecule has 0 saturated carbocycles. The average molecular weight is 262 g/mol. The fraction of sp³-hybridized carbons (Fsp3) is 0.333. The summed E-state index contributed by atoms with van der Waals surface area (Å²) in [7, 11) is 1.45. The highest BCUT2D eigenvalue weighted by atomic mass is 79.9. The predicted molar refractivity (Wildman–Crippen MR) is 56.4 cm³/mol. The van der Waals surface area contributed by atoms with Gasteiger partial charge in [-0.2, -0.15) is 0 Å². The summed E-state index contributed by atoms with van der Waals surface area (Å²) in [4.78, 5) is 0. The fourth-order valence-electron chi connectivity index (χ4n) is 1.07. The summed E-state index contributed by atoms with van der Waals surface area (Å²) in [5.74, 6) is 0.361. The summed E-state index contributed by atoms with van der Waals surface area (Å²) in [6.45, 7) is -0.152. The molecule has 0 radical (unpaired) electrons. The Balaban J connectivity index is 3.16. The standard InChI is InChI=1S/C9H12BrNO3/c1-14-8-3-5(7(11)4-12)2-6(10)9(8)13/h2-3,7,12-13H,4,11H2,1H3/t7-/m0/s1. The van der Waals surface area contributed by atoms with Crippen LogP contribution in [0.5, 0.6) is 11.5 Å². The van der Waals surface area contributed by atoms with Crippen LogP contribution in [0.3, 0.4) is 0 Å². The van der Waals surface area contributed by atoms with Crippen LogP contribution >= 0.6 is 15.9 Å². The second-order valence-corrected chi connectivity index (χ2v) is 3.70. The van der Waals surface area contributed by atoms with Crippen molar-refractivity contribution in [2.45, 2.75) is 6.04 Å². The van der Waals surface area contributed by atoms with E-state index in [2.05, 4.69) is 15.9 Å². The lowest BCUT2D eigenvalue weighted by Crippen LogP contribution is -2.14. The molecule has 4 N–H and O–H groups in total. The van der Waals surface area contributed by atoms with Gasteiger partial charge in [-0.3, -0.25) is 0 Å². The van der Waals surface area contributed by atoms with Crippen LogP contribution in [0, 0.1) is 0 Å². The molecule has 1 aromatic carbocycles. The van der Waals surface area contributed by atoms with E-state index in [1.54, 1.807) is 12.1 Å². The van der Waals surface area contributed by atoms with Crippen LogP contribution < -0.4 is 10.5 Å². The molecule has 0 aliphatic heterocycles. The third kappa shape index (κ3) is 2.17. The van der Waals surface area contributed by atoms with Gasteiger partial charge in [-0.25, -0.2) is 0 Å². The highest BCUT2D eigenvalue weighted by Crippen LogP contribution is 2.36. The van der Waals surface area contributed by atoms with Crippen LogP contribution in [0.4, 0.5) is 0 Å². The lowest BCUT2D eigenvalue weighted by Gasteiger charge is -2.12. The molecule has 1 aromatic rings. The number of aromatic hydroxyl groups is 1. The third-order valence-corrected chi connectivity index (χ3v) is 2.50. The lowest BCUT2D eigenvalue weighted by atomic mass is 10.1. The fourth-order valence-corrected chi connectivity index (χ4v) is 1.53.